The molecular formula is C14H10FN3O4S. The Hall–Kier alpha value is -2.94. The van der Waals surface area contributed by atoms with E-state index < -0.39 is 16.4 Å². The van der Waals surface area contributed by atoms with E-state index in [2.05, 4.69) is 10.6 Å². The van der Waals surface area contributed by atoms with Crippen LogP contribution in [0, 0.1) is 15.9 Å². The zero-order valence-electron chi connectivity index (χ0n) is 11.5. The van der Waals surface area contributed by atoms with Gasteiger partial charge in [-0.3, -0.25) is 10.1 Å². The number of anilines is 2. The van der Waals surface area contributed by atoms with Gasteiger partial charge in [0, 0.05) is 11.8 Å². The average molecular weight is 335 g/mol. The van der Waals surface area contributed by atoms with Gasteiger partial charge >= 0.3 is 0 Å². The second kappa shape index (κ2) is 6.05. The zero-order chi connectivity index (χ0) is 16.4. The maximum Gasteiger partial charge on any atom is 0.295 e. The van der Waals surface area contributed by atoms with Crippen molar-refractivity contribution in [3.8, 4) is 11.5 Å². The van der Waals surface area contributed by atoms with Gasteiger partial charge in [0.05, 0.1) is 11.0 Å². The predicted octanol–water partition coefficient (Wildman–Crippen LogP) is 3.27. The molecular weight excluding hydrogens is 325 g/mol. The Kier molecular flexibility index (Phi) is 3.94. The second-order valence-electron chi connectivity index (χ2n) is 4.57. The van der Waals surface area contributed by atoms with Gasteiger partial charge in [-0.2, -0.15) is 0 Å². The third-order valence-electron chi connectivity index (χ3n) is 3.04. The highest BCUT2D eigenvalue weighted by atomic mass is 32.1. The summed E-state index contributed by atoms with van der Waals surface area (Å²) < 4.78 is 23.6. The highest BCUT2D eigenvalue weighted by Gasteiger charge is 2.17. The molecule has 0 amide bonds. The van der Waals surface area contributed by atoms with Crippen molar-refractivity contribution < 1.29 is 18.8 Å². The summed E-state index contributed by atoms with van der Waals surface area (Å²) in [4.78, 5) is 10.3. The Morgan fingerprint density at radius 1 is 1.17 bits per heavy atom. The van der Waals surface area contributed by atoms with Crippen molar-refractivity contribution in [3.05, 3.63) is 52.3 Å². The van der Waals surface area contributed by atoms with Gasteiger partial charge in [-0.15, -0.1) is 0 Å². The molecule has 0 saturated heterocycles. The summed E-state index contributed by atoms with van der Waals surface area (Å²) >= 11 is 5.11. The monoisotopic (exact) mass is 335 g/mol. The molecule has 2 aromatic rings. The molecule has 2 aromatic carbocycles. The molecule has 1 heterocycles. The minimum absolute atomic E-state index is 0.0923. The summed E-state index contributed by atoms with van der Waals surface area (Å²) in [5.74, 6) is 0.506. The first kappa shape index (κ1) is 15.0. The minimum Gasteiger partial charge on any atom is -0.454 e. The number of fused-ring (bicyclic) bond motifs is 1. The van der Waals surface area contributed by atoms with Gasteiger partial charge in [-0.05, 0) is 36.5 Å². The highest BCUT2D eigenvalue weighted by molar-refractivity contribution is 7.80. The van der Waals surface area contributed by atoms with E-state index in [1.54, 1.807) is 18.2 Å². The number of hydrogen-bond acceptors (Lipinski definition) is 5. The lowest BCUT2D eigenvalue weighted by atomic mass is 10.2. The summed E-state index contributed by atoms with van der Waals surface area (Å²) in [5, 5.41) is 16.6. The van der Waals surface area contributed by atoms with Crippen molar-refractivity contribution >= 4 is 34.4 Å². The smallest absolute Gasteiger partial charge is 0.295 e. The molecule has 1 aliphatic rings. The molecule has 0 spiro atoms. The van der Waals surface area contributed by atoms with E-state index in [0.717, 1.165) is 12.1 Å². The zero-order valence-corrected chi connectivity index (χ0v) is 12.4. The molecule has 3 rings (SSSR count). The topological polar surface area (TPSA) is 85.7 Å². The summed E-state index contributed by atoms with van der Waals surface area (Å²) in [5.41, 5.74) is 0.311. The van der Waals surface area contributed by atoms with Crippen LogP contribution in [0.25, 0.3) is 0 Å². The number of nitrogens with zero attached hydrogens (tertiary/aromatic N) is 1. The van der Waals surface area contributed by atoms with Crippen molar-refractivity contribution in [1.82, 2.24) is 0 Å². The fourth-order valence-electron chi connectivity index (χ4n) is 2.02. The van der Waals surface area contributed by atoms with Crippen molar-refractivity contribution in [1.29, 1.82) is 0 Å². The highest BCUT2D eigenvalue weighted by Crippen LogP contribution is 2.34. The molecule has 0 atom stereocenters. The average Bonchev–Trinajstić information content (AvgIpc) is 2.96. The number of benzene rings is 2. The second-order valence-corrected chi connectivity index (χ2v) is 4.97. The van der Waals surface area contributed by atoms with Crippen LogP contribution in [0.3, 0.4) is 0 Å². The molecule has 23 heavy (non-hydrogen) atoms. The molecule has 0 aliphatic carbocycles. The molecule has 0 bridgehead atoms. The normalized spacial score (nSPS) is 11.9. The van der Waals surface area contributed by atoms with Gasteiger partial charge in [0.1, 0.15) is 11.5 Å². The van der Waals surface area contributed by atoms with E-state index in [1.807, 2.05) is 0 Å². The van der Waals surface area contributed by atoms with Crippen LogP contribution >= 0.6 is 12.2 Å². The molecule has 118 valence electrons. The number of ether oxygens (including phenoxy) is 2. The first-order chi connectivity index (χ1) is 11.0. The van der Waals surface area contributed by atoms with Gasteiger partial charge in [0.2, 0.25) is 6.79 Å². The SMILES string of the molecule is O=[N+]([O-])c1cc(F)ccc1NC(=S)Nc1ccc2c(c1)OCO2. The Labute approximate surface area is 135 Å². The van der Waals surface area contributed by atoms with Crippen LogP contribution in [0.1, 0.15) is 0 Å². The summed E-state index contributed by atoms with van der Waals surface area (Å²) in [6, 6.07) is 8.31. The third kappa shape index (κ3) is 3.29. The Balaban J connectivity index is 1.74. The van der Waals surface area contributed by atoms with Crippen molar-refractivity contribution in [2.75, 3.05) is 17.4 Å². The van der Waals surface area contributed by atoms with Crippen LogP contribution in [-0.2, 0) is 0 Å². The predicted molar refractivity (Wildman–Crippen MR) is 85.5 cm³/mol. The van der Waals surface area contributed by atoms with Crippen LogP contribution in [0.4, 0.5) is 21.5 Å². The van der Waals surface area contributed by atoms with Crippen LogP contribution in [-0.4, -0.2) is 16.8 Å². The number of rotatable bonds is 3. The minimum atomic E-state index is -0.697. The summed E-state index contributed by atoms with van der Waals surface area (Å²) in [7, 11) is 0. The van der Waals surface area contributed by atoms with Crippen LogP contribution in [0.15, 0.2) is 36.4 Å². The van der Waals surface area contributed by atoms with Gasteiger partial charge in [-0.1, -0.05) is 0 Å². The number of nitrogens with one attached hydrogen (secondary N) is 2. The van der Waals surface area contributed by atoms with E-state index in [1.165, 1.54) is 6.07 Å². The summed E-state index contributed by atoms with van der Waals surface area (Å²) in [6.45, 7) is 0.156. The van der Waals surface area contributed by atoms with Gasteiger partial charge in [0.25, 0.3) is 5.69 Å². The molecule has 7 nitrogen and oxygen atoms in total. The number of thiocarbonyl (C=S) groups is 1. The van der Waals surface area contributed by atoms with E-state index in [9.17, 15) is 14.5 Å². The first-order valence-corrected chi connectivity index (χ1v) is 6.85. The van der Waals surface area contributed by atoms with Crippen LogP contribution in [0.2, 0.25) is 0 Å². The molecule has 9 heteroatoms. The number of hydrogen-bond donors (Lipinski definition) is 2. The van der Waals surface area contributed by atoms with E-state index >= 15 is 0 Å². The van der Waals surface area contributed by atoms with E-state index in [4.69, 9.17) is 21.7 Å². The first-order valence-electron chi connectivity index (χ1n) is 6.44. The fraction of sp³-hybridized carbons (Fsp3) is 0.0714. The lowest BCUT2D eigenvalue weighted by Crippen LogP contribution is -2.19. The largest absolute Gasteiger partial charge is 0.454 e. The number of halogens is 1. The van der Waals surface area contributed by atoms with Crippen molar-refractivity contribution in [2.24, 2.45) is 0 Å². The van der Waals surface area contributed by atoms with Crippen LogP contribution in [0.5, 0.6) is 11.5 Å². The Bertz CT molecular complexity index is 800. The molecule has 0 fully saturated rings. The van der Waals surface area contributed by atoms with Gasteiger partial charge in [-0.25, -0.2) is 4.39 Å². The van der Waals surface area contributed by atoms with Crippen LogP contribution < -0.4 is 20.1 Å². The molecule has 0 unspecified atom stereocenters. The quantitative estimate of drug-likeness (QED) is 0.506. The van der Waals surface area contributed by atoms with E-state index in [0.29, 0.717) is 17.2 Å². The molecule has 0 radical (unpaired) electrons. The van der Waals surface area contributed by atoms with Crippen molar-refractivity contribution in [2.45, 2.75) is 0 Å². The lowest BCUT2D eigenvalue weighted by molar-refractivity contribution is -0.384. The number of nitro benzene ring substituents is 1. The third-order valence-corrected chi connectivity index (χ3v) is 3.24. The lowest BCUT2D eigenvalue weighted by Gasteiger charge is -2.11. The maximum absolute atomic E-state index is 13.1. The molecule has 0 aromatic heterocycles. The van der Waals surface area contributed by atoms with Gasteiger partial charge < -0.3 is 20.1 Å². The Morgan fingerprint density at radius 3 is 2.74 bits per heavy atom. The Morgan fingerprint density at radius 2 is 1.96 bits per heavy atom. The summed E-state index contributed by atoms with van der Waals surface area (Å²) in [6.07, 6.45) is 0. The maximum atomic E-state index is 13.1. The molecule has 0 saturated carbocycles. The molecule has 1 aliphatic heterocycles. The van der Waals surface area contributed by atoms with Gasteiger partial charge in [0.15, 0.2) is 16.6 Å². The molecule has 2 N–H and O–H groups in total. The standard InChI is InChI=1S/C14H10FN3O4S/c15-8-1-3-10(11(5-8)18(19)20)17-14(23)16-9-2-4-12-13(6-9)22-7-21-12/h1-6H,7H2,(H2,16,17,23). The van der Waals surface area contributed by atoms with E-state index in [-0.39, 0.29) is 17.6 Å². The van der Waals surface area contributed by atoms with Crippen molar-refractivity contribution in [3.63, 3.8) is 0 Å². The fourth-order valence-corrected chi connectivity index (χ4v) is 2.25. The number of nitro groups is 1.